The summed E-state index contributed by atoms with van der Waals surface area (Å²) in [6.45, 7) is 0. The van der Waals surface area contributed by atoms with Crippen LogP contribution in [0.2, 0.25) is 0 Å². The van der Waals surface area contributed by atoms with Crippen LogP contribution in [0.1, 0.15) is 42.2 Å². The Morgan fingerprint density at radius 1 is 0.727 bits per heavy atom. The fourth-order valence-corrected chi connectivity index (χ4v) is 4.27. The minimum Gasteiger partial charge on any atom is -0.465 e. The summed E-state index contributed by atoms with van der Waals surface area (Å²) in [5, 5.41) is 0. The molecule has 0 unspecified atom stereocenters. The molecule has 0 radical (unpaired) electrons. The van der Waals surface area contributed by atoms with E-state index in [2.05, 4.69) is 0 Å². The van der Waals surface area contributed by atoms with Crippen molar-refractivity contribution in [2.45, 2.75) is 0 Å². The lowest BCUT2D eigenvalue weighted by molar-refractivity contribution is -0.112. The third kappa shape index (κ3) is 2.97. The number of carbonyl (C=O) groups is 4. The molecule has 2 aliphatic rings. The Morgan fingerprint density at radius 3 is 1.94 bits per heavy atom. The largest absolute Gasteiger partial charge is 0.465 e. The Morgan fingerprint density at radius 2 is 1.33 bits per heavy atom. The Labute approximate surface area is 189 Å². The zero-order valence-corrected chi connectivity index (χ0v) is 17.9. The van der Waals surface area contributed by atoms with Crippen LogP contribution in [-0.4, -0.2) is 42.7 Å². The zero-order valence-electron chi connectivity index (χ0n) is 17.9. The van der Waals surface area contributed by atoms with Gasteiger partial charge in [0.2, 0.25) is 0 Å². The van der Waals surface area contributed by atoms with E-state index in [0.29, 0.717) is 16.8 Å². The average molecular weight is 438 g/mol. The number of imide groups is 1. The molecule has 0 N–H and O–H groups in total. The van der Waals surface area contributed by atoms with E-state index < -0.39 is 17.8 Å². The number of fused-ring (bicyclic) bond motifs is 2. The molecule has 0 saturated heterocycles. The minimum absolute atomic E-state index is 0.166. The molecule has 2 aliphatic heterocycles. The highest BCUT2D eigenvalue weighted by atomic mass is 16.5. The summed E-state index contributed by atoms with van der Waals surface area (Å²) >= 11 is 0. The normalized spacial score (nSPS) is 16.1. The molecule has 0 bridgehead atoms. The van der Waals surface area contributed by atoms with Gasteiger partial charge in [-0.3, -0.25) is 14.4 Å². The summed E-state index contributed by atoms with van der Waals surface area (Å²) in [6.07, 6.45) is 0. The van der Waals surface area contributed by atoms with Crippen LogP contribution in [0, 0.1) is 0 Å². The van der Waals surface area contributed by atoms with Crippen LogP contribution in [0.15, 0.2) is 72.8 Å². The van der Waals surface area contributed by atoms with Crippen LogP contribution in [0.5, 0.6) is 0 Å². The predicted octanol–water partition coefficient (Wildman–Crippen LogP) is 3.61. The molecule has 5 rings (SSSR count). The van der Waals surface area contributed by atoms with E-state index in [1.54, 1.807) is 79.8 Å². The van der Waals surface area contributed by atoms with E-state index in [1.165, 1.54) is 12.0 Å². The van der Waals surface area contributed by atoms with Gasteiger partial charge in [0.15, 0.2) is 0 Å². The Bertz CT molecular complexity index is 1360. The van der Waals surface area contributed by atoms with Crippen LogP contribution >= 0.6 is 0 Å². The van der Waals surface area contributed by atoms with Gasteiger partial charge in [0.1, 0.15) is 0 Å². The Balaban J connectivity index is 1.82. The summed E-state index contributed by atoms with van der Waals surface area (Å²) in [7, 11) is 2.88. The summed E-state index contributed by atoms with van der Waals surface area (Å²) < 4.78 is 4.83. The molecule has 3 aromatic rings. The van der Waals surface area contributed by atoms with Crippen molar-refractivity contribution >= 4 is 40.6 Å². The highest BCUT2D eigenvalue weighted by molar-refractivity contribution is 6.40. The van der Waals surface area contributed by atoms with Crippen molar-refractivity contribution in [3.05, 3.63) is 101 Å². The first-order valence-corrected chi connectivity index (χ1v) is 10.2. The molecule has 0 spiro atoms. The number of methoxy groups -OCH3 is 1. The van der Waals surface area contributed by atoms with Crippen LogP contribution in [0.4, 0.5) is 5.69 Å². The topological polar surface area (TPSA) is 84.0 Å². The minimum atomic E-state index is -0.554. The van der Waals surface area contributed by atoms with E-state index in [1.807, 2.05) is 0 Å². The number of amides is 3. The van der Waals surface area contributed by atoms with E-state index >= 15 is 0 Å². The molecule has 0 aromatic heterocycles. The van der Waals surface area contributed by atoms with E-state index in [4.69, 9.17) is 4.74 Å². The monoisotopic (exact) mass is 438 g/mol. The Kier molecular flexibility index (Phi) is 4.67. The first kappa shape index (κ1) is 20.4. The van der Waals surface area contributed by atoms with Gasteiger partial charge in [0, 0.05) is 12.6 Å². The molecule has 3 aromatic carbocycles. The molecular formula is C26H18N2O5. The molecule has 162 valence electrons. The van der Waals surface area contributed by atoms with Gasteiger partial charge in [-0.15, -0.1) is 0 Å². The number of ether oxygens (including phenoxy) is 1. The summed E-state index contributed by atoms with van der Waals surface area (Å²) in [5.41, 5.74) is 2.69. The first-order chi connectivity index (χ1) is 15.9. The van der Waals surface area contributed by atoms with Crippen molar-refractivity contribution in [3.63, 3.8) is 0 Å². The van der Waals surface area contributed by atoms with Crippen molar-refractivity contribution in [3.8, 4) is 0 Å². The van der Waals surface area contributed by atoms with E-state index in [0.717, 1.165) is 4.90 Å². The SMILES string of the molecule is COC(=O)c1ccc2c(c1)/C(=C(/c1ccccc1)N1C(=O)c3ccccc3C1=O)C(=O)N2C. The maximum absolute atomic E-state index is 13.5. The number of hydrogen-bond donors (Lipinski definition) is 0. The van der Waals surface area contributed by atoms with Crippen molar-refractivity contribution in [2.75, 3.05) is 19.1 Å². The van der Waals surface area contributed by atoms with Crippen molar-refractivity contribution in [1.82, 2.24) is 4.90 Å². The van der Waals surface area contributed by atoms with Crippen molar-refractivity contribution in [2.24, 2.45) is 0 Å². The van der Waals surface area contributed by atoms with Gasteiger partial charge in [0.05, 0.1) is 40.8 Å². The highest BCUT2D eigenvalue weighted by Gasteiger charge is 2.43. The number of anilines is 1. The smallest absolute Gasteiger partial charge is 0.337 e. The number of hydrogen-bond acceptors (Lipinski definition) is 5. The third-order valence-electron chi connectivity index (χ3n) is 5.87. The van der Waals surface area contributed by atoms with Gasteiger partial charge >= 0.3 is 5.97 Å². The summed E-state index contributed by atoms with van der Waals surface area (Å²) in [5.74, 6) is -1.95. The lowest BCUT2D eigenvalue weighted by atomic mass is 9.97. The molecule has 2 heterocycles. The number of esters is 1. The van der Waals surface area contributed by atoms with Gasteiger partial charge < -0.3 is 9.64 Å². The average Bonchev–Trinajstić information content (AvgIpc) is 3.25. The lowest BCUT2D eigenvalue weighted by Crippen LogP contribution is -2.31. The number of nitrogens with zero attached hydrogens (tertiary/aromatic N) is 2. The highest BCUT2D eigenvalue weighted by Crippen LogP contribution is 2.43. The molecule has 7 heteroatoms. The maximum atomic E-state index is 13.5. The van der Waals surface area contributed by atoms with Gasteiger partial charge in [-0.05, 0) is 35.9 Å². The van der Waals surface area contributed by atoms with Gasteiger partial charge in [-0.1, -0.05) is 42.5 Å². The fourth-order valence-electron chi connectivity index (χ4n) is 4.27. The molecule has 0 fully saturated rings. The van der Waals surface area contributed by atoms with E-state index in [-0.39, 0.29) is 33.9 Å². The number of carbonyl (C=O) groups excluding carboxylic acids is 4. The molecule has 33 heavy (non-hydrogen) atoms. The lowest BCUT2D eigenvalue weighted by Gasteiger charge is -2.21. The number of rotatable bonds is 3. The Hall–Kier alpha value is -4.52. The van der Waals surface area contributed by atoms with Crippen LogP contribution in [0.3, 0.4) is 0 Å². The second-order valence-electron chi connectivity index (χ2n) is 7.67. The number of benzene rings is 3. The second kappa shape index (κ2) is 7.56. The number of likely N-dealkylation sites (N-methyl/N-ethyl adjacent to an activating group) is 1. The maximum Gasteiger partial charge on any atom is 0.337 e. The van der Waals surface area contributed by atoms with Crippen LogP contribution in [-0.2, 0) is 9.53 Å². The third-order valence-corrected chi connectivity index (χ3v) is 5.87. The van der Waals surface area contributed by atoms with Crippen LogP contribution in [0.25, 0.3) is 11.3 Å². The molecule has 7 nitrogen and oxygen atoms in total. The van der Waals surface area contributed by atoms with Gasteiger partial charge in [-0.25, -0.2) is 9.69 Å². The molecule has 3 amide bonds. The quantitative estimate of drug-likeness (QED) is 0.354. The van der Waals surface area contributed by atoms with Crippen molar-refractivity contribution in [1.29, 1.82) is 0 Å². The zero-order chi connectivity index (χ0) is 23.3. The van der Waals surface area contributed by atoms with E-state index in [9.17, 15) is 19.2 Å². The van der Waals surface area contributed by atoms with Crippen LogP contribution < -0.4 is 4.90 Å². The molecule has 0 atom stereocenters. The summed E-state index contributed by atoms with van der Waals surface area (Å²) in [6, 6.07) is 20.2. The first-order valence-electron chi connectivity index (χ1n) is 10.2. The second-order valence-corrected chi connectivity index (χ2v) is 7.67. The molecular weight excluding hydrogens is 420 g/mol. The molecule has 0 saturated carbocycles. The van der Waals surface area contributed by atoms with Gasteiger partial charge in [0.25, 0.3) is 17.7 Å². The van der Waals surface area contributed by atoms with Crippen molar-refractivity contribution < 1.29 is 23.9 Å². The fraction of sp³-hybridized carbons (Fsp3) is 0.0769. The predicted molar refractivity (Wildman–Crippen MR) is 121 cm³/mol. The van der Waals surface area contributed by atoms with Gasteiger partial charge in [-0.2, -0.15) is 0 Å². The summed E-state index contributed by atoms with van der Waals surface area (Å²) in [4.78, 5) is 54.9. The molecule has 0 aliphatic carbocycles. The standard InChI is InChI=1S/C26H18N2O5/c1-27-20-13-12-16(26(32)33-2)14-19(20)21(25(27)31)22(15-8-4-3-5-9-15)28-23(29)17-10-6-7-11-18(17)24(28)30/h3-14H,1-2H3/b22-21+.